The number of nitrogens with one attached hydrogen (secondary N) is 1. The van der Waals surface area contributed by atoms with E-state index in [2.05, 4.69) is 71.0 Å². The Bertz CT molecular complexity index is 930. The summed E-state index contributed by atoms with van der Waals surface area (Å²) in [5.41, 5.74) is 3.45. The lowest BCUT2D eigenvalue weighted by Crippen LogP contribution is -2.00. The Labute approximate surface area is 129 Å². The summed E-state index contributed by atoms with van der Waals surface area (Å²) >= 11 is 0. The average Bonchev–Trinajstić information content (AvgIpc) is 2.60. The summed E-state index contributed by atoms with van der Waals surface area (Å²) in [6.45, 7) is 0.812. The van der Waals surface area contributed by atoms with Crippen molar-refractivity contribution in [1.29, 1.82) is 0 Å². The van der Waals surface area contributed by atoms with Crippen molar-refractivity contribution >= 4 is 27.4 Å². The summed E-state index contributed by atoms with van der Waals surface area (Å²) in [6.07, 6.45) is 1.88. The Kier molecular flexibility index (Phi) is 3.20. The van der Waals surface area contributed by atoms with Gasteiger partial charge in [-0.15, -0.1) is 0 Å². The van der Waals surface area contributed by atoms with Crippen LogP contribution in [0.4, 0.5) is 5.69 Å². The summed E-state index contributed by atoms with van der Waals surface area (Å²) in [7, 11) is 0. The molecule has 0 spiro atoms. The number of benzene rings is 3. The van der Waals surface area contributed by atoms with Crippen LogP contribution >= 0.6 is 0 Å². The summed E-state index contributed by atoms with van der Waals surface area (Å²) in [6, 6.07) is 25.2. The molecule has 0 saturated heterocycles. The van der Waals surface area contributed by atoms with Crippen LogP contribution in [0.1, 0.15) is 5.56 Å². The van der Waals surface area contributed by atoms with E-state index >= 15 is 0 Å². The van der Waals surface area contributed by atoms with E-state index in [0.717, 1.165) is 23.1 Å². The Morgan fingerprint density at radius 2 is 1.55 bits per heavy atom. The number of fused-ring (bicyclic) bond motifs is 3. The van der Waals surface area contributed by atoms with Crippen molar-refractivity contribution in [3.8, 4) is 0 Å². The summed E-state index contributed by atoms with van der Waals surface area (Å²) in [5, 5.41) is 7.11. The molecule has 3 aromatic carbocycles. The lowest BCUT2D eigenvalue weighted by Gasteiger charge is -2.11. The van der Waals surface area contributed by atoms with Gasteiger partial charge in [0.1, 0.15) is 0 Å². The summed E-state index contributed by atoms with van der Waals surface area (Å²) in [5.74, 6) is 0. The smallest absolute Gasteiger partial charge is 0.0801 e. The highest BCUT2D eigenvalue weighted by Gasteiger charge is 2.05. The van der Waals surface area contributed by atoms with E-state index in [9.17, 15) is 0 Å². The zero-order valence-corrected chi connectivity index (χ0v) is 12.2. The molecule has 1 aromatic heterocycles. The van der Waals surface area contributed by atoms with Gasteiger partial charge in [0, 0.05) is 29.2 Å². The highest BCUT2D eigenvalue weighted by Crippen LogP contribution is 2.28. The second-order valence-electron chi connectivity index (χ2n) is 5.38. The van der Waals surface area contributed by atoms with E-state index in [1.165, 1.54) is 16.3 Å². The molecule has 2 heteroatoms. The van der Waals surface area contributed by atoms with Crippen molar-refractivity contribution in [1.82, 2.24) is 4.98 Å². The molecule has 0 fully saturated rings. The summed E-state index contributed by atoms with van der Waals surface area (Å²) < 4.78 is 0. The zero-order chi connectivity index (χ0) is 14.8. The molecule has 0 atom stereocenters. The largest absolute Gasteiger partial charge is 0.380 e. The Morgan fingerprint density at radius 3 is 2.45 bits per heavy atom. The molecule has 1 heterocycles. The van der Waals surface area contributed by atoms with Crippen molar-refractivity contribution in [2.75, 3.05) is 5.32 Å². The van der Waals surface area contributed by atoms with E-state index in [1.807, 2.05) is 18.3 Å². The first-order valence-corrected chi connectivity index (χ1v) is 7.46. The van der Waals surface area contributed by atoms with Crippen LogP contribution in [-0.4, -0.2) is 4.98 Å². The molecule has 0 aliphatic heterocycles. The first kappa shape index (κ1) is 12.8. The predicted octanol–water partition coefficient (Wildman–Crippen LogP) is 5.00. The molecule has 4 rings (SSSR count). The van der Waals surface area contributed by atoms with E-state index in [1.54, 1.807) is 0 Å². The molecule has 0 bridgehead atoms. The Balaban J connectivity index is 1.76. The third-order valence-corrected chi connectivity index (χ3v) is 3.96. The Morgan fingerprint density at radius 1 is 0.727 bits per heavy atom. The fourth-order valence-electron chi connectivity index (χ4n) is 2.83. The van der Waals surface area contributed by atoms with E-state index in [0.29, 0.717) is 0 Å². The van der Waals surface area contributed by atoms with Gasteiger partial charge in [-0.3, -0.25) is 4.98 Å². The van der Waals surface area contributed by atoms with Gasteiger partial charge >= 0.3 is 0 Å². The molecule has 0 unspecified atom stereocenters. The number of hydrogen-bond donors (Lipinski definition) is 1. The molecular formula is C20H16N2. The molecule has 0 aliphatic rings. The first-order valence-electron chi connectivity index (χ1n) is 7.46. The van der Waals surface area contributed by atoms with Crippen molar-refractivity contribution in [2.24, 2.45) is 0 Å². The van der Waals surface area contributed by atoms with Gasteiger partial charge in [-0.1, -0.05) is 66.7 Å². The van der Waals surface area contributed by atoms with Crippen molar-refractivity contribution in [3.05, 3.63) is 84.6 Å². The van der Waals surface area contributed by atoms with Crippen LogP contribution in [0.25, 0.3) is 21.7 Å². The van der Waals surface area contributed by atoms with Crippen LogP contribution in [0, 0.1) is 0 Å². The van der Waals surface area contributed by atoms with Gasteiger partial charge in [-0.05, 0) is 17.0 Å². The monoisotopic (exact) mass is 284 g/mol. The van der Waals surface area contributed by atoms with Gasteiger partial charge in [0.05, 0.1) is 5.52 Å². The normalized spacial score (nSPS) is 10.9. The highest BCUT2D eigenvalue weighted by atomic mass is 14.9. The molecule has 4 aromatic rings. The van der Waals surface area contributed by atoms with Gasteiger partial charge in [-0.25, -0.2) is 0 Å². The van der Waals surface area contributed by atoms with Crippen LogP contribution in [-0.2, 0) is 6.54 Å². The molecule has 22 heavy (non-hydrogen) atoms. The molecule has 2 nitrogen and oxygen atoms in total. The number of aromatic nitrogens is 1. The third-order valence-electron chi connectivity index (χ3n) is 3.96. The molecule has 106 valence electrons. The molecule has 0 amide bonds. The first-order chi connectivity index (χ1) is 10.9. The third kappa shape index (κ3) is 2.29. The van der Waals surface area contributed by atoms with Gasteiger partial charge in [0.2, 0.25) is 0 Å². The van der Waals surface area contributed by atoms with Gasteiger partial charge < -0.3 is 5.32 Å². The SMILES string of the molecule is c1ccc(CNc2ccnc3c2ccc2ccccc23)cc1. The fourth-order valence-corrected chi connectivity index (χ4v) is 2.83. The maximum absolute atomic E-state index is 4.59. The van der Waals surface area contributed by atoms with Gasteiger partial charge in [0.25, 0.3) is 0 Å². The van der Waals surface area contributed by atoms with Crippen LogP contribution in [0.5, 0.6) is 0 Å². The molecule has 0 aliphatic carbocycles. The maximum atomic E-state index is 4.59. The van der Waals surface area contributed by atoms with Gasteiger partial charge in [-0.2, -0.15) is 0 Å². The minimum atomic E-state index is 0.812. The highest BCUT2D eigenvalue weighted by molar-refractivity contribution is 6.08. The van der Waals surface area contributed by atoms with Crippen LogP contribution in [0.2, 0.25) is 0 Å². The fraction of sp³-hybridized carbons (Fsp3) is 0.0500. The standard InChI is InChI=1S/C20H16N2/c1-2-6-15(7-3-1)14-22-19-12-13-21-20-17-9-5-4-8-16(17)10-11-18(19)20/h1-13H,14H2,(H,21,22). The quantitative estimate of drug-likeness (QED) is 0.535. The molecule has 0 radical (unpaired) electrons. The maximum Gasteiger partial charge on any atom is 0.0801 e. The lowest BCUT2D eigenvalue weighted by molar-refractivity contribution is 1.15. The molecular weight excluding hydrogens is 268 g/mol. The van der Waals surface area contributed by atoms with E-state index in [-0.39, 0.29) is 0 Å². The topological polar surface area (TPSA) is 24.9 Å². The van der Waals surface area contributed by atoms with Crippen LogP contribution < -0.4 is 5.32 Å². The zero-order valence-electron chi connectivity index (χ0n) is 12.2. The lowest BCUT2D eigenvalue weighted by atomic mass is 10.1. The van der Waals surface area contributed by atoms with Crippen LogP contribution in [0.15, 0.2) is 79.0 Å². The predicted molar refractivity (Wildman–Crippen MR) is 93.0 cm³/mol. The number of pyridine rings is 1. The van der Waals surface area contributed by atoms with Crippen LogP contribution in [0.3, 0.4) is 0 Å². The average molecular weight is 284 g/mol. The van der Waals surface area contributed by atoms with E-state index < -0.39 is 0 Å². The summed E-state index contributed by atoms with van der Waals surface area (Å²) in [4.78, 5) is 4.59. The van der Waals surface area contributed by atoms with Crippen molar-refractivity contribution < 1.29 is 0 Å². The number of hydrogen-bond acceptors (Lipinski definition) is 2. The van der Waals surface area contributed by atoms with Crippen molar-refractivity contribution in [2.45, 2.75) is 6.54 Å². The van der Waals surface area contributed by atoms with Gasteiger partial charge in [0.15, 0.2) is 0 Å². The number of nitrogens with zero attached hydrogens (tertiary/aromatic N) is 1. The van der Waals surface area contributed by atoms with Crippen molar-refractivity contribution in [3.63, 3.8) is 0 Å². The molecule has 1 N–H and O–H groups in total. The number of rotatable bonds is 3. The number of anilines is 1. The van der Waals surface area contributed by atoms with E-state index in [4.69, 9.17) is 0 Å². The molecule has 0 saturated carbocycles. The minimum Gasteiger partial charge on any atom is -0.380 e. The second kappa shape index (κ2) is 5.49. The Hall–Kier alpha value is -2.87. The second-order valence-corrected chi connectivity index (χ2v) is 5.38. The minimum absolute atomic E-state index is 0.812.